The molecule has 0 saturated heterocycles. The van der Waals surface area contributed by atoms with Gasteiger partial charge in [-0.15, -0.1) is 0 Å². The summed E-state index contributed by atoms with van der Waals surface area (Å²) in [6.07, 6.45) is -0.542. The summed E-state index contributed by atoms with van der Waals surface area (Å²) < 4.78 is 0. The molecule has 1 amide bonds. The lowest BCUT2D eigenvalue weighted by Gasteiger charge is -2.14. The number of carbonyl (C=O) groups excluding carboxylic acids is 1. The predicted octanol–water partition coefficient (Wildman–Crippen LogP) is 0.985. The van der Waals surface area contributed by atoms with E-state index in [4.69, 9.17) is 10.2 Å². The zero-order valence-electron chi connectivity index (χ0n) is 10.2. The van der Waals surface area contributed by atoms with E-state index in [0.29, 0.717) is 11.4 Å². The summed E-state index contributed by atoms with van der Waals surface area (Å²) in [4.78, 5) is 32.4. The van der Waals surface area contributed by atoms with Crippen molar-refractivity contribution in [1.29, 1.82) is 0 Å². The fraction of sp³-hybridized carbons (Fsp3) is 0.250. The van der Waals surface area contributed by atoms with Crippen molar-refractivity contribution in [2.45, 2.75) is 19.4 Å². The van der Waals surface area contributed by atoms with E-state index in [1.54, 1.807) is 18.2 Å². The van der Waals surface area contributed by atoms with Crippen LogP contribution in [0.2, 0.25) is 0 Å². The van der Waals surface area contributed by atoms with Crippen LogP contribution in [-0.4, -0.2) is 34.1 Å². The molecule has 0 aliphatic heterocycles. The van der Waals surface area contributed by atoms with Crippen LogP contribution in [0.1, 0.15) is 13.3 Å². The van der Waals surface area contributed by atoms with Gasteiger partial charge in [0, 0.05) is 18.3 Å². The predicted molar refractivity (Wildman–Crippen MR) is 68.0 cm³/mol. The highest BCUT2D eigenvalue weighted by Gasteiger charge is 2.20. The minimum Gasteiger partial charge on any atom is -0.481 e. The number of rotatable bonds is 6. The Hall–Kier alpha value is -2.57. The molecule has 7 heteroatoms. The largest absolute Gasteiger partial charge is 0.481 e. The minimum atomic E-state index is -1.26. The second-order valence-electron chi connectivity index (χ2n) is 3.90. The van der Waals surface area contributed by atoms with Gasteiger partial charge in [0.15, 0.2) is 0 Å². The van der Waals surface area contributed by atoms with Gasteiger partial charge in [-0.25, -0.2) is 4.79 Å². The maximum atomic E-state index is 10.9. The lowest BCUT2D eigenvalue weighted by molar-refractivity contribution is -0.144. The van der Waals surface area contributed by atoms with Gasteiger partial charge in [-0.3, -0.25) is 9.59 Å². The second-order valence-corrected chi connectivity index (χ2v) is 3.90. The summed E-state index contributed by atoms with van der Waals surface area (Å²) in [5.74, 6) is -2.72. The van der Waals surface area contributed by atoms with Gasteiger partial charge in [0.1, 0.15) is 6.04 Å². The maximum absolute atomic E-state index is 10.9. The molecule has 0 aliphatic rings. The Morgan fingerprint density at radius 2 is 1.84 bits per heavy atom. The number of carbonyl (C=O) groups is 3. The van der Waals surface area contributed by atoms with Gasteiger partial charge < -0.3 is 20.8 Å². The summed E-state index contributed by atoms with van der Waals surface area (Å²) in [5, 5.41) is 22.7. The molecule has 0 heterocycles. The Morgan fingerprint density at radius 3 is 2.37 bits per heavy atom. The number of hydrogen-bond acceptors (Lipinski definition) is 4. The van der Waals surface area contributed by atoms with Crippen LogP contribution in [0.4, 0.5) is 11.4 Å². The Balaban J connectivity index is 2.81. The van der Waals surface area contributed by atoms with Crippen molar-refractivity contribution in [3.63, 3.8) is 0 Å². The average Bonchev–Trinajstić information content (AvgIpc) is 2.26. The summed E-state index contributed by atoms with van der Waals surface area (Å²) in [7, 11) is 0. The van der Waals surface area contributed by atoms with Crippen LogP contribution in [-0.2, 0) is 14.4 Å². The quantitative estimate of drug-likeness (QED) is 0.610. The molecule has 4 N–H and O–H groups in total. The van der Waals surface area contributed by atoms with Gasteiger partial charge in [-0.2, -0.15) is 0 Å². The van der Waals surface area contributed by atoms with Gasteiger partial charge in [-0.1, -0.05) is 6.07 Å². The molecule has 0 aliphatic carbocycles. The first-order chi connectivity index (χ1) is 8.88. The molecule has 7 nitrogen and oxygen atoms in total. The number of carboxylic acids is 2. The molecule has 1 unspecified atom stereocenters. The highest BCUT2D eigenvalue weighted by molar-refractivity contribution is 5.89. The standard InChI is InChI=1S/C12H14N2O5/c1-7(15)13-8-3-2-4-9(5-8)14-10(12(18)19)6-11(16)17/h2-5,10,14H,6H2,1H3,(H,13,15)(H,16,17)(H,18,19). The van der Waals surface area contributed by atoms with Crippen molar-refractivity contribution in [3.8, 4) is 0 Å². The Labute approximate surface area is 109 Å². The lowest BCUT2D eigenvalue weighted by Crippen LogP contribution is -2.31. The Morgan fingerprint density at radius 1 is 1.21 bits per heavy atom. The number of carboxylic acid groups (broad SMARTS) is 2. The van der Waals surface area contributed by atoms with E-state index in [2.05, 4.69) is 10.6 Å². The van der Waals surface area contributed by atoms with Crippen LogP contribution in [0.3, 0.4) is 0 Å². The first-order valence-corrected chi connectivity index (χ1v) is 5.47. The zero-order chi connectivity index (χ0) is 14.4. The van der Waals surface area contributed by atoms with E-state index < -0.39 is 24.4 Å². The molecule has 0 aromatic heterocycles. The highest BCUT2D eigenvalue weighted by Crippen LogP contribution is 2.16. The summed E-state index contributed by atoms with van der Waals surface area (Å²) in [5.41, 5.74) is 0.914. The maximum Gasteiger partial charge on any atom is 0.326 e. The lowest BCUT2D eigenvalue weighted by atomic mass is 10.2. The van der Waals surface area contributed by atoms with Crippen molar-refractivity contribution in [2.75, 3.05) is 10.6 Å². The minimum absolute atomic E-state index is 0.252. The Bertz CT molecular complexity index is 501. The van der Waals surface area contributed by atoms with Gasteiger partial charge >= 0.3 is 11.9 Å². The zero-order valence-corrected chi connectivity index (χ0v) is 10.2. The fourth-order valence-electron chi connectivity index (χ4n) is 1.47. The third-order valence-electron chi connectivity index (χ3n) is 2.20. The average molecular weight is 266 g/mol. The summed E-state index contributed by atoms with van der Waals surface area (Å²) in [6, 6.07) is 5.14. The van der Waals surface area contributed by atoms with Gasteiger partial charge in [0.2, 0.25) is 5.91 Å². The van der Waals surface area contributed by atoms with Crippen LogP contribution >= 0.6 is 0 Å². The number of aliphatic carboxylic acids is 2. The van der Waals surface area contributed by atoms with Crippen molar-refractivity contribution >= 4 is 29.2 Å². The fourth-order valence-corrected chi connectivity index (χ4v) is 1.47. The van der Waals surface area contributed by atoms with Crippen LogP contribution in [0.25, 0.3) is 0 Å². The number of amides is 1. The van der Waals surface area contributed by atoms with Crippen molar-refractivity contribution in [2.24, 2.45) is 0 Å². The topological polar surface area (TPSA) is 116 Å². The molecule has 0 fully saturated rings. The van der Waals surface area contributed by atoms with E-state index >= 15 is 0 Å². The third-order valence-corrected chi connectivity index (χ3v) is 2.20. The van der Waals surface area contributed by atoms with Crippen molar-refractivity contribution < 1.29 is 24.6 Å². The van der Waals surface area contributed by atoms with Gasteiger partial charge in [0.05, 0.1) is 6.42 Å². The first kappa shape index (κ1) is 14.5. The number of hydrogen-bond donors (Lipinski definition) is 4. The van der Waals surface area contributed by atoms with Crippen LogP contribution in [0.15, 0.2) is 24.3 Å². The van der Waals surface area contributed by atoms with E-state index in [0.717, 1.165) is 0 Å². The third kappa shape index (κ3) is 5.07. The van der Waals surface area contributed by atoms with Gasteiger partial charge in [0.25, 0.3) is 0 Å². The monoisotopic (exact) mass is 266 g/mol. The highest BCUT2D eigenvalue weighted by atomic mass is 16.4. The smallest absolute Gasteiger partial charge is 0.326 e. The van der Waals surface area contributed by atoms with E-state index in [9.17, 15) is 14.4 Å². The normalized spacial score (nSPS) is 11.4. The molecule has 1 aromatic rings. The van der Waals surface area contributed by atoms with Crippen molar-refractivity contribution in [1.82, 2.24) is 0 Å². The van der Waals surface area contributed by atoms with E-state index in [-0.39, 0.29) is 5.91 Å². The van der Waals surface area contributed by atoms with Crippen LogP contribution in [0, 0.1) is 0 Å². The molecule has 0 bridgehead atoms. The second kappa shape index (κ2) is 6.39. The van der Waals surface area contributed by atoms with E-state index in [1.807, 2.05) is 0 Å². The summed E-state index contributed by atoms with van der Waals surface area (Å²) >= 11 is 0. The molecule has 0 radical (unpaired) electrons. The first-order valence-electron chi connectivity index (χ1n) is 5.47. The molecular weight excluding hydrogens is 252 g/mol. The van der Waals surface area contributed by atoms with E-state index in [1.165, 1.54) is 13.0 Å². The molecule has 0 saturated carbocycles. The number of benzene rings is 1. The van der Waals surface area contributed by atoms with Crippen LogP contribution < -0.4 is 10.6 Å². The van der Waals surface area contributed by atoms with Gasteiger partial charge in [-0.05, 0) is 18.2 Å². The van der Waals surface area contributed by atoms with Crippen molar-refractivity contribution in [3.05, 3.63) is 24.3 Å². The number of anilines is 2. The molecule has 1 rings (SSSR count). The SMILES string of the molecule is CC(=O)Nc1cccc(NC(CC(=O)O)C(=O)O)c1. The Kier molecular flexibility index (Phi) is 4.87. The molecule has 1 atom stereocenters. The molecule has 102 valence electrons. The molecule has 0 spiro atoms. The molecule has 19 heavy (non-hydrogen) atoms. The summed E-state index contributed by atoms with van der Waals surface area (Å²) in [6.45, 7) is 1.35. The molecular formula is C12H14N2O5. The number of nitrogens with one attached hydrogen (secondary N) is 2. The van der Waals surface area contributed by atoms with Crippen LogP contribution in [0.5, 0.6) is 0 Å². The molecule has 1 aromatic carbocycles.